The molecule has 3 rings (SSSR count). The summed E-state index contributed by atoms with van der Waals surface area (Å²) in [5.41, 5.74) is 0.645. The first-order valence-electron chi connectivity index (χ1n) is 8.61. The molecule has 2 fully saturated rings. The van der Waals surface area contributed by atoms with Crippen molar-refractivity contribution >= 4 is 23.4 Å². The number of carbonyl (C=O) groups is 2. The molecule has 2 saturated heterocycles. The van der Waals surface area contributed by atoms with Crippen LogP contribution < -0.4 is 5.32 Å². The minimum Gasteiger partial charge on any atom is -0.339 e. The van der Waals surface area contributed by atoms with Crippen molar-refractivity contribution in [3.8, 4) is 0 Å². The summed E-state index contributed by atoms with van der Waals surface area (Å²) < 4.78 is 0. The molecule has 2 heterocycles. The fourth-order valence-electron chi connectivity index (χ4n) is 3.52. The third-order valence-corrected chi connectivity index (χ3v) is 5.19. The second-order valence-corrected chi connectivity index (χ2v) is 7.14. The monoisotopic (exact) mass is 349 g/mol. The number of carbonyl (C=O) groups excluding carboxylic acids is 2. The Morgan fingerprint density at radius 1 is 1.08 bits per heavy atom. The van der Waals surface area contributed by atoms with Gasteiger partial charge in [-0.15, -0.1) is 0 Å². The van der Waals surface area contributed by atoms with Gasteiger partial charge in [0, 0.05) is 48.7 Å². The van der Waals surface area contributed by atoms with E-state index < -0.39 is 0 Å². The van der Waals surface area contributed by atoms with Crippen molar-refractivity contribution in [2.45, 2.75) is 25.8 Å². The van der Waals surface area contributed by atoms with Crippen LogP contribution in [0.1, 0.15) is 30.1 Å². The summed E-state index contributed by atoms with van der Waals surface area (Å²) in [6, 6.07) is 7.36. The lowest BCUT2D eigenvalue weighted by atomic mass is 9.92. The standard InChI is InChI=1S/C18H24ClN3O2/c1-13-12-15(6-7-20-13)18(24)22-10-8-21(9-11-22)17(23)14-2-4-16(19)5-3-14/h2-5,13,15,20H,6-12H2,1H3/t13-,15-/m0/s1. The van der Waals surface area contributed by atoms with E-state index in [4.69, 9.17) is 11.6 Å². The number of amides is 2. The Hall–Kier alpha value is -1.59. The van der Waals surface area contributed by atoms with Gasteiger partial charge in [-0.3, -0.25) is 9.59 Å². The number of rotatable bonds is 2. The van der Waals surface area contributed by atoms with Gasteiger partial charge in [-0.1, -0.05) is 11.6 Å². The number of piperidine rings is 1. The van der Waals surface area contributed by atoms with Gasteiger partial charge < -0.3 is 15.1 Å². The Morgan fingerprint density at radius 2 is 1.71 bits per heavy atom. The molecule has 2 aliphatic rings. The summed E-state index contributed by atoms with van der Waals surface area (Å²) >= 11 is 5.87. The first-order valence-corrected chi connectivity index (χ1v) is 8.99. The molecule has 0 saturated carbocycles. The van der Waals surface area contributed by atoms with Gasteiger partial charge in [0.15, 0.2) is 0 Å². The van der Waals surface area contributed by atoms with E-state index in [0.29, 0.717) is 42.8 Å². The Morgan fingerprint density at radius 3 is 2.33 bits per heavy atom. The summed E-state index contributed by atoms with van der Waals surface area (Å²) in [5.74, 6) is 0.385. The molecule has 2 atom stereocenters. The maximum atomic E-state index is 12.7. The minimum absolute atomic E-state index is 0.00857. The molecule has 5 nitrogen and oxygen atoms in total. The van der Waals surface area contributed by atoms with Gasteiger partial charge in [-0.2, -0.15) is 0 Å². The van der Waals surface area contributed by atoms with Crippen LogP contribution in [0.2, 0.25) is 5.02 Å². The van der Waals surface area contributed by atoms with Gasteiger partial charge in [-0.25, -0.2) is 0 Å². The van der Waals surface area contributed by atoms with E-state index in [0.717, 1.165) is 19.4 Å². The zero-order valence-corrected chi connectivity index (χ0v) is 14.8. The molecule has 0 aromatic heterocycles. The molecule has 0 spiro atoms. The Kier molecular flexibility index (Phi) is 5.41. The van der Waals surface area contributed by atoms with E-state index >= 15 is 0 Å². The highest BCUT2D eigenvalue weighted by atomic mass is 35.5. The van der Waals surface area contributed by atoms with Gasteiger partial charge in [0.05, 0.1) is 0 Å². The Labute approximate surface area is 147 Å². The van der Waals surface area contributed by atoms with Gasteiger partial charge in [0.2, 0.25) is 5.91 Å². The third kappa shape index (κ3) is 3.90. The van der Waals surface area contributed by atoms with E-state index in [1.807, 2.05) is 9.80 Å². The van der Waals surface area contributed by atoms with Crippen LogP contribution in [0.15, 0.2) is 24.3 Å². The van der Waals surface area contributed by atoms with E-state index in [9.17, 15) is 9.59 Å². The molecule has 0 radical (unpaired) electrons. The zero-order chi connectivity index (χ0) is 17.1. The van der Waals surface area contributed by atoms with Crippen LogP contribution >= 0.6 is 11.6 Å². The topological polar surface area (TPSA) is 52.7 Å². The van der Waals surface area contributed by atoms with Crippen LogP contribution in [0.25, 0.3) is 0 Å². The first-order chi connectivity index (χ1) is 11.5. The maximum Gasteiger partial charge on any atom is 0.253 e. The predicted octanol–water partition coefficient (Wildman–Crippen LogP) is 2.01. The van der Waals surface area contributed by atoms with Gasteiger partial charge in [0.25, 0.3) is 5.91 Å². The minimum atomic E-state index is 0.00857. The second-order valence-electron chi connectivity index (χ2n) is 6.70. The number of halogens is 1. The van der Waals surface area contributed by atoms with E-state index in [-0.39, 0.29) is 17.7 Å². The van der Waals surface area contributed by atoms with Crippen molar-refractivity contribution in [2.75, 3.05) is 32.7 Å². The SMILES string of the molecule is C[C@H]1C[C@@H](C(=O)N2CCN(C(=O)c3ccc(Cl)cc3)CC2)CCN1. The summed E-state index contributed by atoms with van der Waals surface area (Å²) in [4.78, 5) is 28.9. The number of benzene rings is 1. The number of nitrogens with one attached hydrogen (secondary N) is 1. The Bertz CT molecular complexity index is 597. The maximum absolute atomic E-state index is 12.7. The molecular weight excluding hydrogens is 326 g/mol. The lowest BCUT2D eigenvalue weighted by molar-refractivity contribution is -0.138. The van der Waals surface area contributed by atoms with Crippen molar-refractivity contribution in [2.24, 2.45) is 5.92 Å². The van der Waals surface area contributed by atoms with Crippen LogP contribution in [0.5, 0.6) is 0 Å². The van der Waals surface area contributed by atoms with E-state index in [1.165, 1.54) is 0 Å². The number of hydrogen-bond acceptors (Lipinski definition) is 3. The average Bonchev–Trinajstić information content (AvgIpc) is 2.61. The van der Waals surface area contributed by atoms with Gasteiger partial charge in [0.1, 0.15) is 0 Å². The molecule has 0 bridgehead atoms. The first kappa shape index (κ1) is 17.2. The van der Waals surface area contributed by atoms with Gasteiger partial charge >= 0.3 is 0 Å². The fraction of sp³-hybridized carbons (Fsp3) is 0.556. The highest BCUT2D eigenvalue weighted by molar-refractivity contribution is 6.30. The fourth-order valence-corrected chi connectivity index (χ4v) is 3.65. The smallest absolute Gasteiger partial charge is 0.253 e. The van der Waals surface area contributed by atoms with E-state index in [1.54, 1.807) is 24.3 Å². The number of nitrogens with zero attached hydrogens (tertiary/aromatic N) is 2. The van der Waals surface area contributed by atoms with Crippen molar-refractivity contribution in [1.82, 2.24) is 15.1 Å². The van der Waals surface area contributed by atoms with Crippen LogP contribution in [0.4, 0.5) is 0 Å². The molecule has 1 aromatic rings. The van der Waals surface area contributed by atoms with Crippen molar-refractivity contribution in [3.05, 3.63) is 34.9 Å². The van der Waals surface area contributed by atoms with Crippen LogP contribution in [0.3, 0.4) is 0 Å². The second kappa shape index (κ2) is 7.53. The third-order valence-electron chi connectivity index (χ3n) is 4.94. The molecule has 1 N–H and O–H groups in total. The van der Waals surface area contributed by atoms with E-state index in [2.05, 4.69) is 12.2 Å². The molecule has 6 heteroatoms. The lowest BCUT2D eigenvalue weighted by Gasteiger charge is -2.38. The summed E-state index contributed by atoms with van der Waals surface area (Å²) in [6.07, 6.45) is 1.82. The molecule has 1 aromatic carbocycles. The number of hydrogen-bond donors (Lipinski definition) is 1. The van der Waals surface area contributed by atoms with Crippen molar-refractivity contribution < 1.29 is 9.59 Å². The molecule has 2 amide bonds. The van der Waals surface area contributed by atoms with Crippen molar-refractivity contribution in [3.63, 3.8) is 0 Å². The largest absolute Gasteiger partial charge is 0.339 e. The highest BCUT2D eigenvalue weighted by Gasteiger charge is 2.31. The lowest BCUT2D eigenvalue weighted by Crippen LogP contribution is -2.53. The molecule has 2 aliphatic heterocycles. The molecule has 0 aliphatic carbocycles. The quantitative estimate of drug-likeness (QED) is 0.888. The molecule has 0 unspecified atom stereocenters. The molecule has 24 heavy (non-hydrogen) atoms. The van der Waals surface area contributed by atoms with Crippen molar-refractivity contribution in [1.29, 1.82) is 0 Å². The normalized spacial score (nSPS) is 24.8. The zero-order valence-electron chi connectivity index (χ0n) is 14.0. The molecular formula is C18H24ClN3O2. The number of piperazine rings is 1. The molecule has 130 valence electrons. The van der Waals surface area contributed by atoms with Gasteiger partial charge in [-0.05, 0) is 50.6 Å². The van der Waals surface area contributed by atoms with Crippen LogP contribution in [0, 0.1) is 5.92 Å². The van der Waals surface area contributed by atoms with Crippen LogP contribution in [-0.4, -0.2) is 60.4 Å². The average molecular weight is 350 g/mol. The summed E-state index contributed by atoms with van der Waals surface area (Å²) in [5, 5.41) is 4.00. The predicted molar refractivity (Wildman–Crippen MR) is 94.1 cm³/mol. The summed E-state index contributed by atoms with van der Waals surface area (Å²) in [6.45, 7) is 5.46. The van der Waals surface area contributed by atoms with Crippen LogP contribution in [-0.2, 0) is 4.79 Å². The summed E-state index contributed by atoms with van der Waals surface area (Å²) in [7, 11) is 0. The Balaban J connectivity index is 1.54. The highest BCUT2D eigenvalue weighted by Crippen LogP contribution is 2.20.